The topological polar surface area (TPSA) is 63.4 Å². The predicted molar refractivity (Wildman–Crippen MR) is 85.8 cm³/mol. The number of nitrogens with two attached hydrogens (primary N) is 1. The van der Waals surface area contributed by atoms with E-state index in [-0.39, 0.29) is 4.99 Å². The largest absolute Gasteiger partial charge is 0.389 e. The molecule has 0 fully saturated rings. The summed E-state index contributed by atoms with van der Waals surface area (Å²) in [5.41, 5.74) is 6.64. The molecule has 106 valence electrons. The lowest BCUT2D eigenvalue weighted by molar-refractivity contribution is 0.395. The molecular weight excluding hydrogens is 332 g/mol. The van der Waals surface area contributed by atoms with Crippen molar-refractivity contribution in [3.63, 3.8) is 0 Å². The summed E-state index contributed by atoms with van der Waals surface area (Å²) in [5.74, 6) is 0. The Kier molecular flexibility index (Phi) is 3.67. The molecule has 0 atom stereocenters. The van der Waals surface area contributed by atoms with Gasteiger partial charge < -0.3 is 5.73 Å². The van der Waals surface area contributed by atoms with Gasteiger partial charge >= 0.3 is 0 Å². The highest BCUT2D eigenvalue weighted by Crippen LogP contribution is 2.30. The quantitative estimate of drug-likeness (QED) is 0.867. The molecule has 8 heteroatoms. The molecule has 3 heterocycles. The maximum atomic E-state index is 12.6. The minimum Gasteiger partial charge on any atom is -0.389 e. The standard InChI is InChI=1S/C12H12N2O2S4/c13-12(17)10-1-2-11(19-10)20(15,16)14-5-3-9-8(7-14)4-6-18-9/h1-2,4,6H,3,5,7H2,(H2,13,17). The van der Waals surface area contributed by atoms with E-state index in [1.54, 1.807) is 23.5 Å². The Morgan fingerprint density at radius 1 is 1.35 bits per heavy atom. The number of hydrogen-bond acceptors (Lipinski definition) is 5. The maximum Gasteiger partial charge on any atom is 0.252 e. The fourth-order valence-corrected chi connectivity index (χ4v) is 5.96. The first-order valence-corrected chi connectivity index (χ1v) is 9.48. The van der Waals surface area contributed by atoms with Gasteiger partial charge in [0.2, 0.25) is 0 Å². The summed E-state index contributed by atoms with van der Waals surface area (Å²) in [4.78, 5) is 2.15. The van der Waals surface area contributed by atoms with E-state index in [1.807, 2.05) is 11.4 Å². The van der Waals surface area contributed by atoms with Gasteiger partial charge in [-0.2, -0.15) is 4.31 Å². The van der Waals surface area contributed by atoms with Crippen LogP contribution in [0.15, 0.2) is 27.8 Å². The first-order valence-electron chi connectivity index (χ1n) is 5.93. The summed E-state index contributed by atoms with van der Waals surface area (Å²) < 4.78 is 27.1. The van der Waals surface area contributed by atoms with Crippen LogP contribution in [-0.4, -0.2) is 24.3 Å². The molecule has 1 aliphatic rings. The summed E-state index contributed by atoms with van der Waals surface area (Å²) in [7, 11) is -3.45. The Morgan fingerprint density at radius 2 is 2.15 bits per heavy atom. The van der Waals surface area contributed by atoms with Crippen molar-refractivity contribution in [1.29, 1.82) is 0 Å². The smallest absolute Gasteiger partial charge is 0.252 e. The van der Waals surface area contributed by atoms with Crippen LogP contribution < -0.4 is 5.73 Å². The Bertz CT molecular complexity index is 760. The summed E-state index contributed by atoms with van der Waals surface area (Å²) in [6.45, 7) is 0.970. The molecule has 0 bridgehead atoms. The minimum absolute atomic E-state index is 0.232. The lowest BCUT2D eigenvalue weighted by Gasteiger charge is -2.25. The Balaban J connectivity index is 1.90. The van der Waals surface area contributed by atoms with Crippen LogP contribution in [0.1, 0.15) is 15.3 Å². The van der Waals surface area contributed by atoms with Crippen LogP contribution in [0.25, 0.3) is 0 Å². The third-order valence-electron chi connectivity index (χ3n) is 3.19. The lowest BCUT2D eigenvalue weighted by Crippen LogP contribution is -2.34. The zero-order valence-electron chi connectivity index (χ0n) is 10.4. The van der Waals surface area contributed by atoms with Crippen molar-refractivity contribution < 1.29 is 8.42 Å². The molecule has 2 aromatic rings. The average Bonchev–Trinajstić information content (AvgIpc) is 3.07. The fourth-order valence-electron chi connectivity index (χ4n) is 2.15. The van der Waals surface area contributed by atoms with Crippen molar-refractivity contribution in [3.8, 4) is 0 Å². The van der Waals surface area contributed by atoms with Crippen molar-refractivity contribution in [2.24, 2.45) is 5.73 Å². The molecule has 1 aliphatic heterocycles. The average molecular weight is 345 g/mol. The molecule has 2 N–H and O–H groups in total. The highest BCUT2D eigenvalue weighted by atomic mass is 32.2. The normalized spacial score (nSPS) is 16.0. The molecule has 3 rings (SSSR count). The Labute approximate surface area is 130 Å². The molecular formula is C12H12N2O2S4. The number of fused-ring (bicyclic) bond motifs is 1. The van der Waals surface area contributed by atoms with E-state index in [1.165, 1.54) is 9.18 Å². The molecule has 2 aromatic heterocycles. The van der Waals surface area contributed by atoms with Crippen LogP contribution in [0.5, 0.6) is 0 Å². The fraction of sp³-hybridized carbons (Fsp3) is 0.250. The van der Waals surface area contributed by atoms with Gasteiger partial charge in [-0.15, -0.1) is 22.7 Å². The van der Waals surface area contributed by atoms with Gasteiger partial charge in [-0.25, -0.2) is 8.42 Å². The van der Waals surface area contributed by atoms with Crippen molar-refractivity contribution in [2.75, 3.05) is 6.54 Å². The lowest BCUT2D eigenvalue weighted by atomic mass is 10.1. The number of thiophene rings is 2. The zero-order valence-corrected chi connectivity index (χ0v) is 13.7. The number of nitrogens with zero attached hydrogens (tertiary/aromatic N) is 1. The number of hydrogen-bond donors (Lipinski definition) is 1. The molecule has 0 saturated heterocycles. The second-order valence-electron chi connectivity index (χ2n) is 4.44. The van der Waals surface area contributed by atoms with Crippen LogP contribution >= 0.6 is 34.9 Å². The van der Waals surface area contributed by atoms with Gasteiger partial charge in [0.1, 0.15) is 9.20 Å². The summed E-state index contributed by atoms with van der Waals surface area (Å²) in [5, 5.41) is 2.01. The van der Waals surface area contributed by atoms with Crippen molar-refractivity contribution >= 4 is 49.9 Å². The van der Waals surface area contributed by atoms with Gasteiger partial charge in [0.05, 0.1) is 4.88 Å². The molecule has 0 spiro atoms. The van der Waals surface area contributed by atoms with E-state index in [0.29, 0.717) is 22.2 Å². The van der Waals surface area contributed by atoms with E-state index in [9.17, 15) is 8.42 Å². The molecule has 0 radical (unpaired) electrons. The Morgan fingerprint density at radius 3 is 2.85 bits per heavy atom. The number of thiocarbonyl (C=S) groups is 1. The summed E-state index contributed by atoms with van der Waals surface area (Å²) >= 11 is 7.70. The van der Waals surface area contributed by atoms with Gasteiger partial charge in [-0.05, 0) is 35.6 Å². The second-order valence-corrected chi connectivity index (χ2v) is 9.13. The summed E-state index contributed by atoms with van der Waals surface area (Å²) in [6.07, 6.45) is 0.778. The molecule has 0 saturated carbocycles. The second kappa shape index (κ2) is 5.19. The van der Waals surface area contributed by atoms with Crippen LogP contribution in [0, 0.1) is 0 Å². The first kappa shape index (κ1) is 14.2. The van der Waals surface area contributed by atoms with Crippen molar-refractivity contribution in [3.05, 3.63) is 38.9 Å². The molecule has 4 nitrogen and oxygen atoms in total. The first-order chi connectivity index (χ1) is 9.48. The SMILES string of the molecule is NC(=S)c1ccc(S(=O)(=O)N2CCc3sccc3C2)s1. The van der Waals surface area contributed by atoms with E-state index in [2.05, 4.69) is 0 Å². The predicted octanol–water partition coefficient (Wildman–Crippen LogP) is 2.19. The van der Waals surface area contributed by atoms with E-state index >= 15 is 0 Å². The van der Waals surface area contributed by atoms with Crippen molar-refractivity contribution in [2.45, 2.75) is 17.2 Å². The van der Waals surface area contributed by atoms with Crippen LogP contribution in [0.2, 0.25) is 0 Å². The van der Waals surface area contributed by atoms with Crippen molar-refractivity contribution in [1.82, 2.24) is 4.31 Å². The van der Waals surface area contributed by atoms with Gasteiger partial charge in [-0.3, -0.25) is 0 Å². The highest BCUT2D eigenvalue weighted by Gasteiger charge is 2.30. The van der Waals surface area contributed by atoms with E-state index < -0.39 is 10.0 Å². The molecule has 0 amide bonds. The number of rotatable bonds is 3. The zero-order chi connectivity index (χ0) is 14.3. The van der Waals surface area contributed by atoms with Gasteiger partial charge in [0.25, 0.3) is 10.0 Å². The highest BCUT2D eigenvalue weighted by molar-refractivity contribution is 7.91. The van der Waals surface area contributed by atoms with Gasteiger partial charge in [0.15, 0.2) is 0 Å². The van der Waals surface area contributed by atoms with Crippen LogP contribution in [0.3, 0.4) is 0 Å². The molecule has 0 aromatic carbocycles. The maximum absolute atomic E-state index is 12.6. The monoisotopic (exact) mass is 344 g/mol. The Hall–Kier alpha value is -0.800. The molecule has 0 aliphatic carbocycles. The third-order valence-corrected chi connectivity index (χ3v) is 7.99. The molecule has 0 unspecified atom stereocenters. The van der Waals surface area contributed by atoms with Gasteiger partial charge in [-0.1, -0.05) is 12.2 Å². The van der Waals surface area contributed by atoms with Crippen LogP contribution in [-0.2, 0) is 23.0 Å². The number of sulfonamides is 1. The van der Waals surface area contributed by atoms with E-state index in [4.69, 9.17) is 18.0 Å². The molecule has 20 heavy (non-hydrogen) atoms. The van der Waals surface area contributed by atoms with Gasteiger partial charge in [0, 0.05) is 18.0 Å². The third kappa shape index (κ3) is 2.42. The summed E-state index contributed by atoms with van der Waals surface area (Å²) in [6, 6.07) is 5.24. The van der Waals surface area contributed by atoms with E-state index in [0.717, 1.165) is 23.3 Å². The minimum atomic E-state index is -3.45. The van der Waals surface area contributed by atoms with Crippen LogP contribution in [0.4, 0.5) is 0 Å².